The number of ether oxygens (including phenoxy) is 1. The summed E-state index contributed by atoms with van der Waals surface area (Å²) in [5.74, 6) is 0. The van der Waals surface area contributed by atoms with E-state index in [9.17, 15) is 4.79 Å². The highest BCUT2D eigenvalue weighted by Crippen LogP contribution is 2.13. The van der Waals surface area contributed by atoms with Crippen molar-refractivity contribution in [3.63, 3.8) is 0 Å². The van der Waals surface area contributed by atoms with Crippen molar-refractivity contribution in [1.82, 2.24) is 9.88 Å². The van der Waals surface area contributed by atoms with Crippen LogP contribution in [0.15, 0.2) is 22.9 Å². The maximum Gasteiger partial charge on any atom is 0.410 e. The van der Waals surface area contributed by atoms with Gasteiger partial charge in [0.25, 0.3) is 0 Å². The summed E-state index contributed by atoms with van der Waals surface area (Å²) in [4.78, 5) is 17.3. The van der Waals surface area contributed by atoms with Gasteiger partial charge in [0.15, 0.2) is 0 Å². The van der Waals surface area contributed by atoms with Crippen molar-refractivity contribution in [3.8, 4) is 0 Å². The van der Waals surface area contributed by atoms with E-state index in [1.165, 1.54) is 4.90 Å². The number of amides is 1. The molecule has 0 fully saturated rings. The molecule has 0 aliphatic heterocycles. The third kappa shape index (κ3) is 5.17. The van der Waals surface area contributed by atoms with E-state index in [4.69, 9.17) is 4.74 Å². The third-order valence-corrected chi connectivity index (χ3v) is 2.32. The molecule has 17 heavy (non-hydrogen) atoms. The van der Waals surface area contributed by atoms with Crippen LogP contribution in [0.4, 0.5) is 4.79 Å². The molecule has 0 saturated heterocycles. The molecule has 0 aliphatic carbocycles. The molecule has 1 rings (SSSR count). The zero-order valence-corrected chi connectivity index (χ0v) is 12.1. The summed E-state index contributed by atoms with van der Waals surface area (Å²) < 4.78 is 6.15. The van der Waals surface area contributed by atoms with Gasteiger partial charge in [-0.3, -0.25) is 4.98 Å². The van der Waals surface area contributed by atoms with Gasteiger partial charge in [0, 0.05) is 23.9 Å². The lowest BCUT2D eigenvalue weighted by molar-refractivity contribution is 0.0285. The van der Waals surface area contributed by atoms with Gasteiger partial charge in [-0.05, 0) is 48.3 Å². The molecular formula is C12H17BrN2O2. The Kier molecular flexibility index (Phi) is 4.51. The number of hydrogen-bond acceptors (Lipinski definition) is 3. The fraction of sp³-hybridized carbons (Fsp3) is 0.500. The van der Waals surface area contributed by atoms with Crippen molar-refractivity contribution in [2.45, 2.75) is 32.9 Å². The first-order chi connectivity index (χ1) is 7.78. The number of rotatable bonds is 2. The zero-order valence-electron chi connectivity index (χ0n) is 10.5. The predicted molar refractivity (Wildman–Crippen MR) is 69.6 cm³/mol. The first-order valence-corrected chi connectivity index (χ1v) is 6.11. The van der Waals surface area contributed by atoms with E-state index < -0.39 is 5.60 Å². The summed E-state index contributed by atoms with van der Waals surface area (Å²) in [6.07, 6.45) is 3.10. The van der Waals surface area contributed by atoms with Gasteiger partial charge in [0.2, 0.25) is 0 Å². The van der Waals surface area contributed by atoms with Gasteiger partial charge in [-0.1, -0.05) is 0 Å². The van der Waals surface area contributed by atoms with E-state index in [1.54, 1.807) is 19.4 Å². The molecular weight excluding hydrogens is 284 g/mol. The smallest absolute Gasteiger partial charge is 0.410 e. The average molecular weight is 301 g/mol. The molecule has 0 bridgehead atoms. The van der Waals surface area contributed by atoms with Gasteiger partial charge in [-0.2, -0.15) is 0 Å². The fourth-order valence-electron chi connectivity index (χ4n) is 1.22. The zero-order chi connectivity index (χ0) is 13.1. The number of nitrogens with zero attached hydrogens (tertiary/aromatic N) is 2. The Balaban J connectivity index is 2.60. The average Bonchev–Trinajstić information content (AvgIpc) is 2.14. The Bertz CT molecular complexity index is 402. The Morgan fingerprint density at radius 3 is 2.65 bits per heavy atom. The van der Waals surface area contributed by atoms with Gasteiger partial charge in [-0.15, -0.1) is 0 Å². The van der Waals surface area contributed by atoms with Crippen LogP contribution in [-0.2, 0) is 11.3 Å². The quantitative estimate of drug-likeness (QED) is 0.842. The molecule has 0 aliphatic rings. The molecule has 94 valence electrons. The Hall–Kier alpha value is -1.10. The third-order valence-electron chi connectivity index (χ3n) is 1.89. The molecule has 0 N–H and O–H groups in total. The van der Waals surface area contributed by atoms with Crippen LogP contribution in [0, 0.1) is 0 Å². The normalized spacial score (nSPS) is 11.1. The molecule has 0 radical (unpaired) electrons. The number of carbonyl (C=O) groups is 1. The Labute approximate surface area is 110 Å². The first-order valence-electron chi connectivity index (χ1n) is 5.31. The molecule has 1 aromatic rings. The summed E-state index contributed by atoms with van der Waals surface area (Å²) in [5.41, 5.74) is 0.480. The van der Waals surface area contributed by atoms with Gasteiger partial charge in [0.1, 0.15) is 5.60 Å². The largest absolute Gasteiger partial charge is 0.444 e. The van der Waals surface area contributed by atoms with Gasteiger partial charge >= 0.3 is 6.09 Å². The molecule has 0 saturated carbocycles. The summed E-state index contributed by atoms with van der Waals surface area (Å²) in [6.45, 7) is 6.01. The summed E-state index contributed by atoms with van der Waals surface area (Å²) in [7, 11) is 1.70. The highest BCUT2D eigenvalue weighted by atomic mass is 79.9. The summed E-state index contributed by atoms with van der Waals surface area (Å²) in [5, 5.41) is 0. The molecule has 0 atom stereocenters. The van der Waals surface area contributed by atoms with Crippen LogP contribution in [0.25, 0.3) is 0 Å². The highest BCUT2D eigenvalue weighted by molar-refractivity contribution is 9.10. The van der Waals surface area contributed by atoms with Crippen LogP contribution in [0.5, 0.6) is 0 Å². The predicted octanol–water partition coefficient (Wildman–Crippen LogP) is 3.21. The summed E-state index contributed by atoms with van der Waals surface area (Å²) in [6, 6.07) is 1.92. The van der Waals surface area contributed by atoms with E-state index in [1.807, 2.05) is 26.8 Å². The molecule has 4 nitrogen and oxygen atoms in total. The minimum absolute atomic E-state index is 0.336. The van der Waals surface area contributed by atoms with Crippen molar-refractivity contribution in [2.24, 2.45) is 0 Å². The minimum atomic E-state index is -0.471. The van der Waals surface area contributed by atoms with E-state index in [2.05, 4.69) is 20.9 Å². The number of pyridine rings is 1. The maximum absolute atomic E-state index is 11.7. The Morgan fingerprint density at radius 1 is 1.47 bits per heavy atom. The number of hydrogen-bond donors (Lipinski definition) is 0. The lowest BCUT2D eigenvalue weighted by atomic mass is 10.2. The number of aromatic nitrogens is 1. The van der Waals surface area contributed by atoms with Crippen molar-refractivity contribution >= 4 is 22.0 Å². The molecule has 1 aromatic heterocycles. The Morgan fingerprint density at radius 2 is 2.12 bits per heavy atom. The lowest BCUT2D eigenvalue weighted by Gasteiger charge is -2.24. The first kappa shape index (κ1) is 14.0. The van der Waals surface area contributed by atoms with E-state index in [-0.39, 0.29) is 6.09 Å². The van der Waals surface area contributed by atoms with Gasteiger partial charge < -0.3 is 9.64 Å². The second-order valence-electron chi connectivity index (χ2n) is 4.85. The minimum Gasteiger partial charge on any atom is -0.444 e. The summed E-state index contributed by atoms with van der Waals surface area (Å²) >= 11 is 3.34. The van der Waals surface area contributed by atoms with Crippen molar-refractivity contribution in [3.05, 3.63) is 28.5 Å². The van der Waals surface area contributed by atoms with Crippen LogP contribution in [0.1, 0.15) is 26.3 Å². The molecule has 0 spiro atoms. The number of halogens is 1. The molecule has 5 heteroatoms. The monoisotopic (exact) mass is 300 g/mol. The van der Waals surface area contributed by atoms with Crippen LogP contribution in [0.3, 0.4) is 0 Å². The van der Waals surface area contributed by atoms with Crippen molar-refractivity contribution in [1.29, 1.82) is 0 Å². The van der Waals surface area contributed by atoms with Gasteiger partial charge in [0.05, 0.1) is 6.54 Å². The molecule has 0 unspecified atom stereocenters. The van der Waals surface area contributed by atoms with Crippen molar-refractivity contribution in [2.75, 3.05) is 7.05 Å². The standard InChI is InChI=1S/C12H17BrN2O2/c1-12(2,3)17-11(16)15(4)8-9-5-10(13)7-14-6-9/h5-7H,8H2,1-4H3. The van der Waals surface area contributed by atoms with Crippen LogP contribution < -0.4 is 0 Å². The van der Waals surface area contributed by atoms with Crippen LogP contribution in [-0.4, -0.2) is 28.6 Å². The van der Waals surface area contributed by atoms with E-state index in [0.717, 1.165) is 10.0 Å². The SMILES string of the molecule is CN(Cc1cncc(Br)c1)C(=O)OC(C)(C)C. The second-order valence-corrected chi connectivity index (χ2v) is 5.76. The second kappa shape index (κ2) is 5.49. The maximum atomic E-state index is 11.7. The molecule has 0 aromatic carbocycles. The van der Waals surface area contributed by atoms with Crippen molar-refractivity contribution < 1.29 is 9.53 Å². The highest BCUT2D eigenvalue weighted by Gasteiger charge is 2.19. The molecule has 1 amide bonds. The van der Waals surface area contributed by atoms with Gasteiger partial charge in [-0.25, -0.2) is 4.79 Å². The number of carbonyl (C=O) groups excluding carboxylic acids is 1. The lowest BCUT2D eigenvalue weighted by Crippen LogP contribution is -2.33. The topological polar surface area (TPSA) is 42.4 Å². The van der Waals surface area contributed by atoms with E-state index in [0.29, 0.717) is 6.54 Å². The fourth-order valence-corrected chi connectivity index (χ4v) is 1.63. The van der Waals surface area contributed by atoms with Crippen LogP contribution in [0.2, 0.25) is 0 Å². The molecule has 1 heterocycles. The van der Waals surface area contributed by atoms with Crippen LogP contribution >= 0.6 is 15.9 Å². The van der Waals surface area contributed by atoms with E-state index >= 15 is 0 Å².